The third kappa shape index (κ3) is 2.69. The Bertz CT molecular complexity index is 693. The molecule has 100 valence electrons. The van der Waals surface area contributed by atoms with Gasteiger partial charge in [0.15, 0.2) is 0 Å². The van der Waals surface area contributed by atoms with E-state index in [1.807, 2.05) is 0 Å². The second-order valence-electron chi connectivity index (χ2n) is 3.93. The minimum absolute atomic E-state index is 0.291. The van der Waals surface area contributed by atoms with Gasteiger partial charge in [0, 0.05) is 5.56 Å². The van der Waals surface area contributed by atoms with Crippen LogP contribution in [-0.4, -0.2) is 20.6 Å². The summed E-state index contributed by atoms with van der Waals surface area (Å²) in [5.74, 6) is 0.320. The van der Waals surface area contributed by atoms with Crippen molar-refractivity contribution in [3.05, 3.63) is 42.5 Å². The van der Waals surface area contributed by atoms with Crippen LogP contribution in [0, 0.1) is 0 Å². The van der Waals surface area contributed by atoms with E-state index in [-0.39, 0.29) is 10.6 Å². The van der Waals surface area contributed by atoms with Crippen molar-refractivity contribution < 1.29 is 18.3 Å². The van der Waals surface area contributed by atoms with Crippen molar-refractivity contribution in [3.8, 4) is 22.6 Å². The number of aromatic hydroxyl groups is 1. The van der Waals surface area contributed by atoms with Crippen LogP contribution in [0.1, 0.15) is 0 Å². The van der Waals surface area contributed by atoms with Gasteiger partial charge in [-0.25, -0.2) is 13.6 Å². The van der Waals surface area contributed by atoms with Crippen molar-refractivity contribution in [1.29, 1.82) is 0 Å². The lowest BCUT2D eigenvalue weighted by molar-refractivity contribution is 0.415. The summed E-state index contributed by atoms with van der Waals surface area (Å²) in [4.78, 5) is -0.291. The number of rotatable bonds is 3. The average Bonchev–Trinajstić information content (AvgIpc) is 2.38. The number of hydrogen-bond acceptors (Lipinski definition) is 4. The Morgan fingerprint density at radius 2 is 1.74 bits per heavy atom. The van der Waals surface area contributed by atoms with Crippen LogP contribution < -0.4 is 9.88 Å². The number of phenolic OH excluding ortho intramolecular Hbond substituents is 1. The molecule has 2 aromatic carbocycles. The molecule has 2 aromatic rings. The lowest BCUT2D eigenvalue weighted by Crippen LogP contribution is -2.12. The number of para-hydroxylation sites is 1. The fraction of sp³-hybridized carbons (Fsp3) is 0.0769. The Morgan fingerprint density at radius 1 is 1.11 bits per heavy atom. The van der Waals surface area contributed by atoms with Crippen molar-refractivity contribution in [2.75, 3.05) is 7.11 Å². The quantitative estimate of drug-likeness (QED) is 0.895. The molecule has 0 fully saturated rings. The van der Waals surface area contributed by atoms with Crippen LogP contribution in [0.5, 0.6) is 11.5 Å². The third-order valence-corrected chi connectivity index (χ3v) is 3.65. The van der Waals surface area contributed by atoms with Gasteiger partial charge in [-0.15, -0.1) is 0 Å². The maximum Gasteiger partial charge on any atom is 0.241 e. The lowest BCUT2D eigenvalue weighted by atomic mass is 10.0. The highest BCUT2D eigenvalue weighted by Gasteiger charge is 2.17. The van der Waals surface area contributed by atoms with E-state index in [4.69, 9.17) is 9.88 Å². The zero-order valence-electron chi connectivity index (χ0n) is 10.2. The Labute approximate surface area is 111 Å². The third-order valence-electron chi connectivity index (χ3n) is 2.71. The molecule has 0 bridgehead atoms. The second kappa shape index (κ2) is 4.91. The first-order valence-electron chi connectivity index (χ1n) is 5.42. The van der Waals surface area contributed by atoms with E-state index in [0.29, 0.717) is 16.9 Å². The molecule has 3 N–H and O–H groups in total. The van der Waals surface area contributed by atoms with E-state index < -0.39 is 10.0 Å². The van der Waals surface area contributed by atoms with E-state index in [1.54, 1.807) is 37.4 Å². The highest BCUT2D eigenvalue weighted by Crippen LogP contribution is 2.34. The molecule has 0 heterocycles. The zero-order valence-corrected chi connectivity index (χ0v) is 11.0. The predicted octanol–water partition coefficient (Wildman–Crippen LogP) is 1.72. The van der Waals surface area contributed by atoms with Crippen molar-refractivity contribution in [1.82, 2.24) is 0 Å². The summed E-state index contributed by atoms with van der Waals surface area (Å²) in [7, 11) is -2.40. The van der Waals surface area contributed by atoms with E-state index in [9.17, 15) is 13.5 Å². The highest BCUT2D eigenvalue weighted by atomic mass is 32.2. The molecule has 0 radical (unpaired) electrons. The van der Waals surface area contributed by atoms with Crippen LogP contribution in [0.3, 0.4) is 0 Å². The number of primary sulfonamides is 1. The highest BCUT2D eigenvalue weighted by molar-refractivity contribution is 7.89. The largest absolute Gasteiger partial charge is 0.506 e. The summed E-state index contributed by atoms with van der Waals surface area (Å²) in [6.45, 7) is 0. The number of hydrogen-bond donors (Lipinski definition) is 2. The van der Waals surface area contributed by atoms with Crippen LogP contribution >= 0.6 is 0 Å². The molecule has 0 atom stereocenters. The van der Waals surface area contributed by atoms with Crippen LogP contribution in [-0.2, 0) is 10.0 Å². The minimum atomic E-state index is -3.95. The van der Waals surface area contributed by atoms with Crippen molar-refractivity contribution >= 4 is 10.0 Å². The SMILES string of the molecule is COc1ccc(-c2cccc(S(N)(=O)=O)c2O)cc1. The van der Waals surface area contributed by atoms with Crippen LogP contribution in [0.25, 0.3) is 11.1 Å². The maximum atomic E-state index is 11.3. The molecule has 0 saturated heterocycles. The van der Waals surface area contributed by atoms with Crippen molar-refractivity contribution in [2.24, 2.45) is 5.14 Å². The fourth-order valence-electron chi connectivity index (χ4n) is 1.76. The predicted molar refractivity (Wildman–Crippen MR) is 71.5 cm³/mol. The van der Waals surface area contributed by atoms with Gasteiger partial charge in [-0.1, -0.05) is 24.3 Å². The van der Waals surface area contributed by atoms with Gasteiger partial charge < -0.3 is 9.84 Å². The number of nitrogens with two attached hydrogens (primary N) is 1. The van der Waals surface area contributed by atoms with Gasteiger partial charge in [-0.2, -0.15) is 0 Å². The van der Waals surface area contributed by atoms with Crippen molar-refractivity contribution in [2.45, 2.75) is 4.90 Å². The van der Waals surface area contributed by atoms with Crippen LogP contribution in [0.15, 0.2) is 47.4 Å². The summed E-state index contributed by atoms with van der Waals surface area (Å²) >= 11 is 0. The Morgan fingerprint density at radius 3 is 2.26 bits per heavy atom. The molecule has 2 rings (SSSR count). The fourth-order valence-corrected chi connectivity index (χ4v) is 2.40. The number of ether oxygens (including phenoxy) is 1. The standard InChI is InChI=1S/C13H13NO4S/c1-18-10-7-5-9(6-8-10)11-3-2-4-12(13(11)15)19(14,16)17/h2-8,15H,1H3,(H2,14,16,17). The van der Waals surface area contributed by atoms with Gasteiger partial charge >= 0.3 is 0 Å². The molecule has 0 spiro atoms. The topological polar surface area (TPSA) is 89.6 Å². The van der Waals surface area contributed by atoms with E-state index in [1.165, 1.54) is 12.1 Å². The van der Waals surface area contributed by atoms with Gasteiger partial charge in [0.25, 0.3) is 0 Å². The number of methoxy groups -OCH3 is 1. The van der Waals surface area contributed by atoms with Crippen molar-refractivity contribution in [3.63, 3.8) is 0 Å². The van der Waals surface area contributed by atoms with Crippen LogP contribution in [0.4, 0.5) is 0 Å². The van der Waals surface area contributed by atoms with Gasteiger partial charge in [0.05, 0.1) is 7.11 Å². The molecule has 0 saturated carbocycles. The lowest BCUT2D eigenvalue weighted by Gasteiger charge is -2.09. The normalized spacial score (nSPS) is 11.3. The molecule has 0 aliphatic carbocycles. The first kappa shape index (κ1) is 13.4. The Kier molecular flexibility index (Phi) is 3.46. The first-order valence-corrected chi connectivity index (χ1v) is 6.97. The van der Waals surface area contributed by atoms with E-state index in [2.05, 4.69) is 0 Å². The zero-order chi connectivity index (χ0) is 14.0. The van der Waals surface area contributed by atoms with E-state index >= 15 is 0 Å². The van der Waals surface area contributed by atoms with Gasteiger partial charge in [-0.05, 0) is 23.8 Å². The first-order chi connectivity index (χ1) is 8.93. The molecule has 0 aliphatic rings. The molecule has 19 heavy (non-hydrogen) atoms. The second-order valence-corrected chi connectivity index (χ2v) is 5.46. The summed E-state index contributed by atoms with van der Waals surface area (Å²) in [6, 6.07) is 11.3. The molecular weight excluding hydrogens is 266 g/mol. The van der Waals surface area contributed by atoms with E-state index in [0.717, 1.165) is 0 Å². The van der Waals surface area contributed by atoms with Gasteiger partial charge in [0.1, 0.15) is 16.4 Å². The summed E-state index contributed by atoms with van der Waals surface area (Å²) in [5, 5.41) is 15.1. The monoisotopic (exact) mass is 279 g/mol. The number of benzene rings is 2. The minimum Gasteiger partial charge on any atom is -0.506 e. The van der Waals surface area contributed by atoms with Crippen LogP contribution in [0.2, 0.25) is 0 Å². The summed E-state index contributed by atoms with van der Waals surface area (Å²) < 4.78 is 27.7. The van der Waals surface area contributed by atoms with Gasteiger partial charge in [0.2, 0.25) is 10.0 Å². The molecule has 0 unspecified atom stereocenters. The molecule has 0 aromatic heterocycles. The number of sulfonamides is 1. The molecule has 0 aliphatic heterocycles. The molecule has 0 amide bonds. The summed E-state index contributed by atoms with van der Waals surface area (Å²) in [5.41, 5.74) is 1.07. The summed E-state index contributed by atoms with van der Waals surface area (Å²) in [6.07, 6.45) is 0. The Hall–Kier alpha value is -2.05. The average molecular weight is 279 g/mol. The maximum absolute atomic E-state index is 11.3. The number of phenols is 1. The smallest absolute Gasteiger partial charge is 0.241 e. The molecule has 5 nitrogen and oxygen atoms in total. The molecular formula is C13H13NO4S. The Balaban J connectivity index is 2.57. The molecule has 6 heteroatoms. The van der Waals surface area contributed by atoms with Gasteiger partial charge in [-0.3, -0.25) is 0 Å².